The molecular formula is C13H13ClN4O. The number of aryl methyl sites for hydroxylation is 1. The number of hydrogen-bond acceptors (Lipinski definition) is 3. The Kier molecular flexibility index (Phi) is 3.87. The summed E-state index contributed by atoms with van der Waals surface area (Å²) in [5.41, 5.74) is 7.51. The molecule has 1 heterocycles. The van der Waals surface area contributed by atoms with Gasteiger partial charge in [-0.25, -0.2) is 9.78 Å². The van der Waals surface area contributed by atoms with Crippen LogP contribution in [0.2, 0.25) is 5.02 Å². The van der Waals surface area contributed by atoms with Crippen molar-refractivity contribution in [3.8, 4) is 0 Å². The number of nitrogens with two attached hydrogens (primary N) is 1. The summed E-state index contributed by atoms with van der Waals surface area (Å²) in [5.74, 6) is 0.436. The van der Waals surface area contributed by atoms with Crippen LogP contribution in [-0.4, -0.2) is 11.0 Å². The Bertz CT molecular complexity index is 615. The summed E-state index contributed by atoms with van der Waals surface area (Å²) >= 11 is 5.83. The molecule has 2 amide bonds. The van der Waals surface area contributed by atoms with Gasteiger partial charge in [0.1, 0.15) is 5.82 Å². The number of carbonyl (C=O) groups is 1. The lowest BCUT2D eigenvalue weighted by atomic mass is 10.3. The van der Waals surface area contributed by atoms with Crippen LogP contribution in [-0.2, 0) is 0 Å². The zero-order valence-electron chi connectivity index (χ0n) is 10.3. The molecule has 6 heteroatoms. The van der Waals surface area contributed by atoms with E-state index in [1.165, 1.54) is 0 Å². The maximum Gasteiger partial charge on any atom is 0.324 e. The van der Waals surface area contributed by atoms with Crippen molar-refractivity contribution in [3.05, 3.63) is 47.1 Å². The quantitative estimate of drug-likeness (QED) is 0.787. The summed E-state index contributed by atoms with van der Waals surface area (Å²) < 4.78 is 0. The van der Waals surface area contributed by atoms with Crippen molar-refractivity contribution in [2.75, 3.05) is 16.4 Å². The van der Waals surface area contributed by atoms with Crippen LogP contribution < -0.4 is 16.4 Å². The van der Waals surface area contributed by atoms with Crippen LogP contribution in [0, 0.1) is 6.92 Å². The number of urea groups is 1. The Morgan fingerprint density at radius 3 is 2.74 bits per heavy atom. The molecule has 2 aromatic rings. The first kappa shape index (κ1) is 13.2. The second kappa shape index (κ2) is 5.58. The Labute approximate surface area is 115 Å². The topological polar surface area (TPSA) is 80.0 Å². The number of nitrogens with zero attached hydrogens (tertiary/aromatic N) is 1. The third-order valence-corrected chi connectivity index (χ3v) is 2.69. The molecular weight excluding hydrogens is 264 g/mol. The van der Waals surface area contributed by atoms with Gasteiger partial charge in [-0.15, -0.1) is 0 Å². The van der Waals surface area contributed by atoms with Crippen molar-refractivity contribution in [2.24, 2.45) is 0 Å². The Hall–Kier alpha value is -2.27. The van der Waals surface area contributed by atoms with E-state index in [1.807, 2.05) is 0 Å². The van der Waals surface area contributed by atoms with Gasteiger partial charge in [-0.3, -0.25) is 5.32 Å². The predicted molar refractivity (Wildman–Crippen MR) is 77.5 cm³/mol. The lowest BCUT2D eigenvalue weighted by molar-refractivity contribution is 0.262. The molecule has 0 saturated heterocycles. The van der Waals surface area contributed by atoms with Crippen molar-refractivity contribution < 1.29 is 4.79 Å². The Balaban J connectivity index is 2.03. The third kappa shape index (κ3) is 3.59. The van der Waals surface area contributed by atoms with Crippen LogP contribution in [0.3, 0.4) is 0 Å². The molecule has 1 aromatic heterocycles. The summed E-state index contributed by atoms with van der Waals surface area (Å²) in [6, 6.07) is 9.82. The molecule has 98 valence electrons. The lowest BCUT2D eigenvalue weighted by Crippen LogP contribution is -2.20. The number of nitrogens with one attached hydrogen (secondary N) is 2. The number of pyridine rings is 1. The minimum absolute atomic E-state index is 0.390. The largest absolute Gasteiger partial charge is 0.397 e. The van der Waals surface area contributed by atoms with E-state index in [9.17, 15) is 4.79 Å². The van der Waals surface area contributed by atoms with Crippen LogP contribution in [0.1, 0.15) is 5.69 Å². The van der Waals surface area contributed by atoms with Crippen LogP contribution in [0.15, 0.2) is 36.4 Å². The molecule has 1 aromatic carbocycles. The molecule has 0 spiro atoms. The van der Waals surface area contributed by atoms with Crippen molar-refractivity contribution in [1.82, 2.24) is 4.98 Å². The molecule has 0 fully saturated rings. The summed E-state index contributed by atoms with van der Waals surface area (Å²) in [6.07, 6.45) is 0. The molecule has 0 aliphatic heterocycles. The van der Waals surface area contributed by atoms with Crippen molar-refractivity contribution in [3.63, 3.8) is 0 Å². The summed E-state index contributed by atoms with van der Waals surface area (Å²) in [5, 5.41) is 5.83. The summed E-state index contributed by atoms with van der Waals surface area (Å²) in [6.45, 7) is 1.77. The summed E-state index contributed by atoms with van der Waals surface area (Å²) in [7, 11) is 0. The fourth-order valence-electron chi connectivity index (χ4n) is 1.49. The van der Waals surface area contributed by atoms with Gasteiger partial charge < -0.3 is 11.1 Å². The zero-order valence-corrected chi connectivity index (χ0v) is 11.0. The Morgan fingerprint density at radius 2 is 2.05 bits per heavy atom. The lowest BCUT2D eigenvalue weighted by Gasteiger charge is -2.08. The Morgan fingerprint density at radius 1 is 1.26 bits per heavy atom. The van der Waals surface area contributed by atoms with Crippen LogP contribution in [0.5, 0.6) is 0 Å². The fraction of sp³-hybridized carbons (Fsp3) is 0.0769. The number of nitrogen functional groups attached to an aromatic ring is 1. The van der Waals surface area contributed by atoms with Gasteiger partial charge in [-0.2, -0.15) is 0 Å². The minimum atomic E-state index is -0.390. The molecule has 19 heavy (non-hydrogen) atoms. The fourth-order valence-corrected chi connectivity index (χ4v) is 1.68. The molecule has 5 nitrogen and oxygen atoms in total. The van der Waals surface area contributed by atoms with Gasteiger partial charge in [0.15, 0.2) is 0 Å². The first-order valence-electron chi connectivity index (χ1n) is 5.61. The average molecular weight is 277 g/mol. The number of carbonyl (C=O) groups excluding carboxylic acids is 1. The van der Waals surface area contributed by atoms with Crippen molar-refractivity contribution in [1.29, 1.82) is 0 Å². The number of aromatic nitrogens is 1. The highest BCUT2D eigenvalue weighted by Crippen LogP contribution is 2.16. The number of halogens is 1. The molecule has 4 N–H and O–H groups in total. The van der Waals surface area contributed by atoms with E-state index in [1.54, 1.807) is 43.3 Å². The standard InChI is InChI=1S/C13H13ClN4O/c1-8-11(15)5-6-12(16-8)18-13(19)17-10-4-2-3-9(14)7-10/h2-7H,15H2,1H3,(H2,16,17,18,19). The maximum atomic E-state index is 11.8. The number of anilines is 3. The second-order valence-corrected chi connectivity index (χ2v) is 4.40. The molecule has 0 bridgehead atoms. The van der Waals surface area contributed by atoms with Gasteiger partial charge in [0.05, 0.1) is 11.4 Å². The number of hydrogen-bond donors (Lipinski definition) is 3. The predicted octanol–water partition coefficient (Wildman–Crippen LogP) is 3.27. The summed E-state index contributed by atoms with van der Waals surface area (Å²) in [4.78, 5) is 15.9. The highest BCUT2D eigenvalue weighted by molar-refractivity contribution is 6.30. The van der Waals surface area contributed by atoms with Gasteiger partial charge in [0.25, 0.3) is 0 Å². The van der Waals surface area contributed by atoms with Gasteiger partial charge >= 0.3 is 6.03 Å². The first-order chi connectivity index (χ1) is 9.04. The molecule has 0 atom stereocenters. The van der Waals surface area contributed by atoms with Crippen molar-refractivity contribution in [2.45, 2.75) is 6.92 Å². The molecule has 0 aliphatic rings. The van der Waals surface area contributed by atoms with E-state index >= 15 is 0 Å². The van der Waals surface area contributed by atoms with E-state index < -0.39 is 0 Å². The van der Waals surface area contributed by atoms with E-state index in [-0.39, 0.29) is 6.03 Å². The second-order valence-electron chi connectivity index (χ2n) is 3.96. The van der Waals surface area contributed by atoms with Gasteiger partial charge in [-0.05, 0) is 37.3 Å². The van der Waals surface area contributed by atoms with E-state index in [2.05, 4.69) is 15.6 Å². The highest BCUT2D eigenvalue weighted by atomic mass is 35.5. The van der Waals surface area contributed by atoms with E-state index in [0.717, 1.165) is 0 Å². The van der Waals surface area contributed by atoms with Crippen LogP contribution in [0.4, 0.5) is 22.0 Å². The molecule has 2 rings (SSSR count). The molecule has 0 radical (unpaired) electrons. The average Bonchev–Trinajstić information content (AvgIpc) is 2.34. The van der Waals surface area contributed by atoms with Gasteiger partial charge in [-0.1, -0.05) is 17.7 Å². The normalized spacial score (nSPS) is 10.0. The first-order valence-corrected chi connectivity index (χ1v) is 5.99. The monoisotopic (exact) mass is 276 g/mol. The van der Waals surface area contributed by atoms with Gasteiger partial charge in [0, 0.05) is 10.7 Å². The van der Waals surface area contributed by atoms with E-state index in [4.69, 9.17) is 17.3 Å². The maximum absolute atomic E-state index is 11.8. The smallest absolute Gasteiger partial charge is 0.324 e. The SMILES string of the molecule is Cc1nc(NC(=O)Nc2cccc(Cl)c2)ccc1N. The molecule has 0 aliphatic carbocycles. The number of benzene rings is 1. The number of rotatable bonds is 2. The zero-order chi connectivity index (χ0) is 13.8. The molecule has 0 unspecified atom stereocenters. The van der Waals surface area contributed by atoms with Gasteiger partial charge in [0.2, 0.25) is 0 Å². The minimum Gasteiger partial charge on any atom is -0.397 e. The molecule has 0 saturated carbocycles. The van der Waals surface area contributed by atoms with Crippen LogP contribution in [0.25, 0.3) is 0 Å². The highest BCUT2D eigenvalue weighted by Gasteiger charge is 2.05. The van der Waals surface area contributed by atoms with E-state index in [0.29, 0.717) is 27.9 Å². The van der Waals surface area contributed by atoms with Crippen LogP contribution >= 0.6 is 11.6 Å². The van der Waals surface area contributed by atoms with Crippen molar-refractivity contribution >= 4 is 34.8 Å². The third-order valence-electron chi connectivity index (χ3n) is 2.45. The number of amides is 2.